The van der Waals surface area contributed by atoms with Crippen molar-refractivity contribution in [1.29, 1.82) is 0 Å². The first kappa shape index (κ1) is 65.2. The summed E-state index contributed by atoms with van der Waals surface area (Å²) in [5.74, 6) is -0.843. The Hall–Kier alpha value is -2.81. The van der Waals surface area contributed by atoms with Crippen LogP contribution in [0.1, 0.15) is 239 Å². The van der Waals surface area contributed by atoms with Gasteiger partial charge in [0.25, 0.3) is 0 Å². The molecular formula is C58H102NO8P. The Morgan fingerprint density at radius 3 is 1.21 bits per heavy atom. The van der Waals surface area contributed by atoms with Gasteiger partial charge in [-0.15, -0.1) is 0 Å². The van der Waals surface area contributed by atoms with Crippen LogP contribution in [-0.4, -0.2) is 49.3 Å². The Morgan fingerprint density at radius 2 is 0.809 bits per heavy atom. The molecule has 0 spiro atoms. The second-order valence-electron chi connectivity index (χ2n) is 18.1. The molecule has 0 radical (unpaired) electrons. The maximum atomic E-state index is 12.7. The summed E-state index contributed by atoms with van der Waals surface area (Å²) < 4.78 is 33.0. The number of ether oxygens (including phenoxy) is 2. The molecule has 0 aromatic rings. The Labute approximate surface area is 417 Å². The molecule has 392 valence electrons. The van der Waals surface area contributed by atoms with Crippen LogP contribution in [0.3, 0.4) is 0 Å². The molecule has 0 aliphatic heterocycles. The van der Waals surface area contributed by atoms with Gasteiger partial charge in [0.1, 0.15) is 6.61 Å². The molecule has 0 heterocycles. The van der Waals surface area contributed by atoms with Gasteiger partial charge < -0.3 is 20.1 Å². The number of carbonyl (C=O) groups excluding carboxylic acids is 2. The average molecular weight is 972 g/mol. The molecule has 0 saturated heterocycles. The molecule has 68 heavy (non-hydrogen) atoms. The highest BCUT2D eigenvalue weighted by Crippen LogP contribution is 2.43. The highest BCUT2D eigenvalue weighted by molar-refractivity contribution is 7.47. The summed E-state index contributed by atoms with van der Waals surface area (Å²) in [5, 5.41) is 0. The Kier molecular flexibility index (Phi) is 51.3. The second-order valence-corrected chi connectivity index (χ2v) is 19.5. The number of unbranched alkanes of at least 4 members (excludes halogenated alkanes) is 24. The number of carbonyl (C=O) groups is 2. The van der Waals surface area contributed by atoms with Crippen LogP contribution in [0.2, 0.25) is 0 Å². The fourth-order valence-electron chi connectivity index (χ4n) is 7.46. The third-order valence-electron chi connectivity index (χ3n) is 11.5. The van der Waals surface area contributed by atoms with E-state index >= 15 is 0 Å². The lowest BCUT2D eigenvalue weighted by Crippen LogP contribution is -2.29. The van der Waals surface area contributed by atoms with Crippen molar-refractivity contribution in [3.63, 3.8) is 0 Å². The first-order valence-electron chi connectivity index (χ1n) is 27.6. The molecule has 9 nitrogen and oxygen atoms in total. The van der Waals surface area contributed by atoms with E-state index in [4.69, 9.17) is 24.3 Å². The monoisotopic (exact) mass is 972 g/mol. The van der Waals surface area contributed by atoms with Crippen molar-refractivity contribution in [2.75, 3.05) is 26.4 Å². The summed E-state index contributed by atoms with van der Waals surface area (Å²) >= 11 is 0. The van der Waals surface area contributed by atoms with Crippen LogP contribution in [-0.2, 0) is 32.7 Å². The number of phosphoric ester groups is 1. The smallest absolute Gasteiger partial charge is 0.462 e. The Bertz CT molecular complexity index is 1390. The number of hydrogen-bond acceptors (Lipinski definition) is 8. The zero-order valence-electron chi connectivity index (χ0n) is 43.6. The number of rotatable bonds is 51. The van der Waals surface area contributed by atoms with Crippen LogP contribution < -0.4 is 5.73 Å². The van der Waals surface area contributed by atoms with E-state index in [2.05, 4.69) is 98.9 Å². The van der Waals surface area contributed by atoms with Crippen LogP contribution in [0.5, 0.6) is 0 Å². The van der Waals surface area contributed by atoms with Crippen molar-refractivity contribution in [2.24, 2.45) is 5.73 Å². The number of hydrogen-bond donors (Lipinski definition) is 2. The van der Waals surface area contributed by atoms with Gasteiger partial charge in [-0.3, -0.25) is 18.6 Å². The fourth-order valence-corrected chi connectivity index (χ4v) is 8.22. The summed E-state index contributed by atoms with van der Waals surface area (Å²) in [7, 11) is -4.39. The van der Waals surface area contributed by atoms with Gasteiger partial charge in [-0.2, -0.15) is 0 Å². The van der Waals surface area contributed by atoms with Crippen molar-refractivity contribution in [3.05, 3.63) is 85.1 Å². The van der Waals surface area contributed by atoms with E-state index in [0.717, 1.165) is 89.9 Å². The summed E-state index contributed by atoms with van der Waals surface area (Å²) in [6, 6.07) is 0. The summed E-state index contributed by atoms with van der Waals surface area (Å²) in [5.41, 5.74) is 5.37. The van der Waals surface area contributed by atoms with E-state index in [0.29, 0.717) is 12.8 Å². The first-order valence-corrected chi connectivity index (χ1v) is 29.1. The average Bonchev–Trinajstić information content (AvgIpc) is 3.33. The lowest BCUT2D eigenvalue weighted by Gasteiger charge is -2.19. The van der Waals surface area contributed by atoms with Gasteiger partial charge >= 0.3 is 19.8 Å². The zero-order chi connectivity index (χ0) is 49.5. The van der Waals surface area contributed by atoms with Gasteiger partial charge in [0.05, 0.1) is 13.2 Å². The third kappa shape index (κ3) is 52.6. The summed E-state index contributed by atoms with van der Waals surface area (Å²) in [6.45, 7) is 3.60. The van der Waals surface area contributed by atoms with Crippen LogP contribution in [0.25, 0.3) is 0 Å². The summed E-state index contributed by atoms with van der Waals surface area (Å²) in [6.07, 6.45) is 69.2. The van der Waals surface area contributed by atoms with Crippen molar-refractivity contribution >= 4 is 19.8 Å². The fraction of sp³-hybridized carbons (Fsp3) is 0.724. The normalized spacial score (nSPS) is 13.8. The zero-order valence-corrected chi connectivity index (χ0v) is 44.5. The van der Waals surface area contributed by atoms with Crippen molar-refractivity contribution in [3.8, 4) is 0 Å². The molecule has 2 unspecified atom stereocenters. The number of phosphoric acid groups is 1. The van der Waals surface area contributed by atoms with Gasteiger partial charge in [-0.25, -0.2) is 4.57 Å². The van der Waals surface area contributed by atoms with Crippen LogP contribution in [0.15, 0.2) is 85.1 Å². The molecule has 3 N–H and O–H groups in total. The quantitative estimate of drug-likeness (QED) is 0.0264. The Balaban J connectivity index is 3.96. The van der Waals surface area contributed by atoms with Crippen molar-refractivity contribution < 1.29 is 37.6 Å². The lowest BCUT2D eigenvalue weighted by molar-refractivity contribution is -0.161. The first-order chi connectivity index (χ1) is 33.3. The van der Waals surface area contributed by atoms with Gasteiger partial charge in [0, 0.05) is 19.4 Å². The number of allylic oxidation sites excluding steroid dienone is 14. The van der Waals surface area contributed by atoms with Crippen LogP contribution >= 0.6 is 7.82 Å². The standard InChI is InChI=1S/C58H102NO8P/c1-3-5-7-9-11-13-15-17-19-21-22-23-24-25-26-27-28-29-30-31-32-33-34-35-37-39-41-43-45-47-49-51-58(61)67-56(55-66-68(62,63)65-53-52-59)54-64-57(60)50-48-46-44-42-40-38-36-20-18-16-14-12-10-8-6-4-2/h5,7,11,13-14,16-17,19-20,22-23,25-26,36,56H,3-4,6,8-10,12,15,18,21,24,27-35,37-55,59H2,1-2H3,(H,62,63)/b7-5-,13-11-,16-14-,19-17-,23-22-,26-25-,36-20-. The highest BCUT2D eigenvalue weighted by atomic mass is 31.2. The van der Waals surface area contributed by atoms with Crippen molar-refractivity contribution in [1.82, 2.24) is 0 Å². The topological polar surface area (TPSA) is 134 Å². The molecule has 10 heteroatoms. The van der Waals surface area contributed by atoms with Crippen LogP contribution in [0.4, 0.5) is 0 Å². The molecule has 0 aliphatic carbocycles. The van der Waals surface area contributed by atoms with E-state index in [9.17, 15) is 19.0 Å². The van der Waals surface area contributed by atoms with Gasteiger partial charge in [-0.05, 0) is 89.9 Å². The maximum absolute atomic E-state index is 12.7. The predicted molar refractivity (Wildman–Crippen MR) is 289 cm³/mol. The van der Waals surface area contributed by atoms with E-state index in [1.807, 2.05) is 0 Å². The van der Waals surface area contributed by atoms with Gasteiger partial charge in [-0.1, -0.05) is 221 Å². The highest BCUT2D eigenvalue weighted by Gasteiger charge is 2.26. The molecular weight excluding hydrogens is 870 g/mol. The van der Waals surface area contributed by atoms with Crippen LogP contribution in [0, 0.1) is 0 Å². The second kappa shape index (κ2) is 53.5. The molecule has 0 amide bonds. The van der Waals surface area contributed by atoms with Gasteiger partial charge in [0.2, 0.25) is 0 Å². The Morgan fingerprint density at radius 1 is 0.456 bits per heavy atom. The SMILES string of the molecule is CC/C=C\C/C=C\C/C=C\C/C=C\C/C=C\CCCCCCCCCCCCCCCCCC(=O)OC(COC(=O)CCCCCCC/C=C\C/C=C\CCCCCC)COP(=O)(O)OCCN. The van der Waals surface area contributed by atoms with E-state index in [-0.39, 0.29) is 32.6 Å². The maximum Gasteiger partial charge on any atom is 0.472 e. The molecule has 0 bridgehead atoms. The van der Waals surface area contributed by atoms with E-state index in [1.54, 1.807) is 0 Å². The minimum absolute atomic E-state index is 0.0488. The molecule has 2 atom stereocenters. The lowest BCUT2D eigenvalue weighted by atomic mass is 10.0. The number of esters is 2. The largest absolute Gasteiger partial charge is 0.472 e. The number of nitrogens with two attached hydrogens (primary N) is 1. The minimum atomic E-state index is -4.39. The third-order valence-corrected chi connectivity index (χ3v) is 12.5. The molecule has 0 aromatic heterocycles. The molecule has 0 aliphatic rings. The predicted octanol–water partition coefficient (Wildman–Crippen LogP) is 17.1. The minimum Gasteiger partial charge on any atom is -0.462 e. The molecule has 0 rings (SSSR count). The van der Waals surface area contributed by atoms with Crippen molar-refractivity contribution in [2.45, 2.75) is 245 Å². The van der Waals surface area contributed by atoms with E-state index < -0.39 is 32.5 Å². The summed E-state index contributed by atoms with van der Waals surface area (Å²) in [4.78, 5) is 35.1. The van der Waals surface area contributed by atoms with E-state index in [1.165, 1.54) is 109 Å². The molecule has 0 saturated carbocycles. The molecule has 0 aromatic carbocycles. The van der Waals surface area contributed by atoms with Gasteiger partial charge in [0.15, 0.2) is 6.10 Å². The molecule has 0 fully saturated rings.